The van der Waals surface area contributed by atoms with Gasteiger partial charge in [-0.3, -0.25) is 14.3 Å². The summed E-state index contributed by atoms with van der Waals surface area (Å²) in [5, 5.41) is 8.11. The molecule has 0 atom stereocenters. The van der Waals surface area contributed by atoms with Crippen LogP contribution in [0.1, 0.15) is 41.5 Å². The largest absolute Gasteiger partial charge is 0.367 e. The quantitative estimate of drug-likeness (QED) is 0.408. The number of nitrogens with zero attached hydrogens (tertiary/aromatic N) is 2. The molecule has 0 aliphatic heterocycles. The molecule has 30 heavy (non-hydrogen) atoms. The standard InChI is InChI=1S/C22H22BrN5O2/c1-12(2)28-20-8-15(23)7-17(18(20)11-26-28)21(29)25-10-19-16(14-4-5-24-9-14)6-13(3)27-22(19)30/h4-9,11-12,24H,10H2,1-3H3,(H,25,29)(H,27,30). The molecule has 0 aliphatic carbocycles. The summed E-state index contributed by atoms with van der Waals surface area (Å²) in [6.07, 6.45) is 5.34. The van der Waals surface area contributed by atoms with E-state index in [4.69, 9.17) is 0 Å². The van der Waals surface area contributed by atoms with Gasteiger partial charge in [0.2, 0.25) is 0 Å². The molecule has 0 fully saturated rings. The maximum Gasteiger partial charge on any atom is 0.253 e. The second-order valence-corrected chi connectivity index (χ2v) is 8.44. The Morgan fingerprint density at radius 3 is 2.80 bits per heavy atom. The number of pyridine rings is 1. The molecular formula is C22H22BrN5O2. The first-order valence-electron chi connectivity index (χ1n) is 9.66. The number of rotatable bonds is 5. The van der Waals surface area contributed by atoms with Crippen molar-refractivity contribution < 1.29 is 4.79 Å². The molecule has 154 valence electrons. The van der Waals surface area contributed by atoms with E-state index in [1.54, 1.807) is 18.5 Å². The van der Waals surface area contributed by atoms with E-state index in [0.717, 1.165) is 32.2 Å². The van der Waals surface area contributed by atoms with Crippen molar-refractivity contribution in [2.45, 2.75) is 33.4 Å². The second kappa shape index (κ2) is 7.95. The van der Waals surface area contributed by atoms with Gasteiger partial charge in [0.25, 0.3) is 11.5 Å². The lowest BCUT2D eigenvalue weighted by molar-refractivity contribution is 0.0952. The molecule has 3 N–H and O–H groups in total. The molecule has 0 saturated carbocycles. The van der Waals surface area contributed by atoms with Crippen LogP contribution in [0.15, 0.2) is 52.1 Å². The van der Waals surface area contributed by atoms with Crippen molar-refractivity contribution in [2.24, 2.45) is 0 Å². The highest BCUT2D eigenvalue weighted by molar-refractivity contribution is 9.10. The number of benzene rings is 1. The molecule has 0 radical (unpaired) electrons. The van der Waals surface area contributed by atoms with E-state index >= 15 is 0 Å². The fourth-order valence-corrected chi connectivity index (χ4v) is 4.06. The van der Waals surface area contributed by atoms with Gasteiger partial charge in [0.1, 0.15) is 0 Å². The number of hydrogen-bond acceptors (Lipinski definition) is 3. The minimum absolute atomic E-state index is 0.112. The Hall–Kier alpha value is -3.13. The first-order valence-corrected chi connectivity index (χ1v) is 10.5. The predicted octanol–water partition coefficient (Wildman–Crippen LogP) is 4.30. The zero-order chi connectivity index (χ0) is 21.4. The number of carbonyl (C=O) groups excluding carboxylic acids is 1. The van der Waals surface area contributed by atoms with E-state index in [1.807, 2.05) is 49.8 Å². The van der Waals surface area contributed by atoms with Gasteiger partial charge >= 0.3 is 0 Å². The minimum Gasteiger partial charge on any atom is -0.367 e. The summed E-state index contributed by atoms with van der Waals surface area (Å²) >= 11 is 3.49. The van der Waals surface area contributed by atoms with E-state index in [2.05, 4.69) is 36.3 Å². The van der Waals surface area contributed by atoms with Gasteiger partial charge in [0.15, 0.2) is 0 Å². The zero-order valence-electron chi connectivity index (χ0n) is 16.9. The van der Waals surface area contributed by atoms with Crippen molar-refractivity contribution in [1.29, 1.82) is 0 Å². The predicted molar refractivity (Wildman–Crippen MR) is 121 cm³/mol. The summed E-state index contributed by atoms with van der Waals surface area (Å²) in [7, 11) is 0. The number of aromatic nitrogens is 4. The van der Waals surface area contributed by atoms with Gasteiger partial charge in [-0.05, 0) is 56.2 Å². The fraction of sp³-hybridized carbons (Fsp3) is 0.227. The molecule has 0 bridgehead atoms. The number of aromatic amines is 2. The van der Waals surface area contributed by atoms with Crippen LogP contribution >= 0.6 is 15.9 Å². The summed E-state index contributed by atoms with van der Waals surface area (Å²) in [5.41, 5.74) is 4.15. The Balaban J connectivity index is 1.68. The van der Waals surface area contributed by atoms with Crippen LogP contribution in [-0.2, 0) is 6.54 Å². The van der Waals surface area contributed by atoms with Crippen molar-refractivity contribution in [3.05, 3.63) is 74.5 Å². The van der Waals surface area contributed by atoms with Gasteiger partial charge in [0, 0.05) is 46.1 Å². The molecule has 8 heteroatoms. The highest BCUT2D eigenvalue weighted by Crippen LogP contribution is 2.27. The number of carbonyl (C=O) groups is 1. The van der Waals surface area contributed by atoms with Crippen molar-refractivity contribution in [3.8, 4) is 11.1 Å². The Morgan fingerprint density at radius 1 is 1.30 bits per heavy atom. The number of fused-ring (bicyclic) bond motifs is 1. The summed E-state index contributed by atoms with van der Waals surface area (Å²) in [5.74, 6) is -0.260. The molecule has 4 aromatic rings. The fourth-order valence-electron chi connectivity index (χ4n) is 3.62. The molecule has 1 amide bonds. The maximum absolute atomic E-state index is 13.1. The average molecular weight is 468 g/mol. The Kier molecular flexibility index (Phi) is 5.34. The van der Waals surface area contributed by atoms with Crippen LogP contribution in [0.5, 0.6) is 0 Å². The molecule has 7 nitrogen and oxygen atoms in total. The molecule has 3 heterocycles. The number of nitrogens with one attached hydrogen (secondary N) is 3. The van der Waals surface area contributed by atoms with Gasteiger partial charge in [-0.2, -0.15) is 5.10 Å². The highest BCUT2D eigenvalue weighted by Gasteiger charge is 2.18. The van der Waals surface area contributed by atoms with Crippen LogP contribution in [0.4, 0.5) is 0 Å². The topological polar surface area (TPSA) is 95.6 Å². The lowest BCUT2D eigenvalue weighted by Crippen LogP contribution is -2.28. The molecule has 3 aromatic heterocycles. The van der Waals surface area contributed by atoms with Gasteiger partial charge in [-0.1, -0.05) is 15.9 Å². The molecule has 0 saturated heterocycles. The Bertz CT molecular complexity index is 1290. The number of halogens is 1. The molecule has 4 rings (SSSR count). The zero-order valence-corrected chi connectivity index (χ0v) is 18.5. The van der Waals surface area contributed by atoms with E-state index < -0.39 is 0 Å². The van der Waals surface area contributed by atoms with Crippen LogP contribution in [0, 0.1) is 6.92 Å². The first-order chi connectivity index (χ1) is 14.3. The number of H-pyrrole nitrogens is 2. The third kappa shape index (κ3) is 3.70. The van der Waals surface area contributed by atoms with E-state index in [-0.39, 0.29) is 24.1 Å². The molecule has 0 unspecified atom stereocenters. The lowest BCUT2D eigenvalue weighted by atomic mass is 10.0. The first kappa shape index (κ1) is 20.2. The van der Waals surface area contributed by atoms with Crippen molar-refractivity contribution >= 4 is 32.7 Å². The number of amides is 1. The van der Waals surface area contributed by atoms with E-state index in [9.17, 15) is 9.59 Å². The van der Waals surface area contributed by atoms with Crippen molar-refractivity contribution in [2.75, 3.05) is 0 Å². The molecule has 0 spiro atoms. The molecule has 0 aliphatic rings. The SMILES string of the molecule is Cc1cc(-c2cc[nH]c2)c(CNC(=O)c2cc(Br)cc3c2cnn3C(C)C)c(=O)[nH]1. The highest BCUT2D eigenvalue weighted by atomic mass is 79.9. The van der Waals surface area contributed by atoms with Gasteiger partial charge in [0.05, 0.1) is 17.3 Å². The summed E-state index contributed by atoms with van der Waals surface area (Å²) in [6, 6.07) is 7.71. The molecule has 1 aromatic carbocycles. The van der Waals surface area contributed by atoms with Gasteiger partial charge in [-0.15, -0.1) is 0 Å². The summed E-state index contributed by atoms with van der Waals surface area (Å²) in [4.78, 5) is 31.5. The Morgan fingerprint density at radius 2 is 2.10 bits per heavy atom. The van der Waals surface area contributed by atoms with Crippen LogP contribution in [0.3, 0.4) is 0 Å². The lowest BCUT2D eigenvalue weighted by Gasteiger charge is -2.12. The average Bonchev–Trinajstić information content (AvgIpc) is 3.35. The second-order valence-electron chi connectivity index (χ2n) is 7.53. The molecular weight excluding hydrogens is 446 g/mol. The summed E-state index contributed by atoms with van der Waals surface area (Å²) < 4.78 is 2.68. The van der Waals surface area contributed by atoms with Crippen LogP contribution in [0.2, 0.25) is 0 Å². The Labute approximate surface area is 181 Å². The van der Waals surface area contributed by atoms with Crippen LogP contribution < -0.4 is 10.9 Å². The monoisotopic (exact) mass is 467 g/mol. The van der Waals surface area contributed by atoms with Gasteiger partial charge < -0.3 is 15.3 Å². The normalized spacial score (nSPS) is 11.4. The summed E-state index contributed by atoms with van der Waals surface area (Å²) in [6.45, 7) is 6.03. The third-order valence-electron chi connectivity index (χ3n) is 5.02. The van der Waals surface area contributed by atoms with E-state index in [1.165, 1.54) is 0 Å². The van der Waals surface area contributed by atoms with Gasteiger partial charge in [-0.25, -0.2) is 0 Å². The third-order valence-corrected chi connectivity index (χ3v) is 5.48. The maximum atomic E-state index is 13.1. The number of aryl methyl sites for hydroxylation is 1. The van der Waals surface area contributed by atoms with Crippen molar-refractivity contribution in [1.82, 2.24) is 25.1 Å². The van der Waals surface area contributed by atoms with E-state index in [0.29, 0.717) is 11.1 Å². The van der Waals surface area contributed by atoms with Crippen molar-refractivity contribution in [3.63, 3.8) is 0 Å². The smallest absolute Gasteiger partial charge is 0.253 e. The van der Waals surface area contributed by atoms with Crippen LogP contribution in [-0.4, -0.2) is 25.7 Å². The minimum atomic E-state index is -0.260. The number of hydrogen-bond donors (Lipinski definition) is 3. The van der Waals surface area contributed by atoms with Crippen LogP contribution in [0.25, 0.3) is 22.0 Å².